The highest BCUT2D eigenvalue weighted by molar-refractivity contribution is 7.90. The third kappa shape index (κ3) is 5.13. The third-order valence-corrected chi connectivity index (χ3v) is 6.31. The van der Waals surface area contributed by atoms with Crippen molar-refractivity contribution >= 4 is 21.4 Å². The van der Waals surface area contributed by atoms with E-state index in [4.69, 9.17) is 0 Å². The Kier molecular flexibility index (Phi) is 6.39. The zero-order valence-electron chi connectivity index (χ0n) is 18.8. The predicted molar refractivity (Wildman–Crippen MR) is 124 cm³/mol. The van der Waals surface area contributed by atoms with E-state index in [0.29, 0.717) is 5.56 Å². The summed E-state index contributed by atoms with van der Waals surface area (Å²) < 4.78 is 81.1. The fourth-order valence-electron chi connectivity index (χ4n) is 3.51. The summed E-state index contributed by atoms with van der Waals surface area (Å²) in [7, 11) is -2.22. The number of anilines is 1. The van der Waals surface area contributed by atoms with E-state index in [-0.39, 0.29) is 28.0 Å². The Balaban J connectivity index is 1.83. The molecule has 0 aliphatic rings. The van der Waals surface area contributed by atoms with Gasteiger partial charge in [-0.15, -0.1) is 0 Å². The highest BCUT2D eigenvalue weighted by atomic mass is 32.2. The number of pyridine rings is 1. The number of nitrogens with zero attached hydrogens (tertiary/aromatic N) is 3. The molecule has 0 unspecified atom stereocenters. The Morgan fingerprint density at radius 2 is 1.75 bits per heavy atom. The lowest BCUT2D eigenvalue weighted by Crippen LogP contribution is -2.17. The van der Waals surface area contributed by atoms with Crippen LogP contribution in [0.3, 0.4) is 0 Å². The van der Waals surface area contributed by atoms with Gasteiger partial charge in [-0.05, 0) is 24.3 Å². The van der Waals surface area contributed by atoms with Crippen molar-refractivity contribution in [3.8, 4) is 22.5 Å². The number of benzene rings is 2. The van der Waals surface area contributed by atoms with E-state index in [2.05, 4.69) is 15.4 Å². The summed E-state index contributed by atoms with van der Waals surface area (Å²) in [5.74, 6) is -2.50. The number of aromatic nitrogens is 3. The molecule has 2 aromatic heterocycles. The molecule has 0 aliphatic heterocycles. The van der Waals surface area contributed by atoms with E-state index in [9.17, 15) is 30.8 Å². The number of hydrogen-bond acceptors (Lipinski definition) is 5. The number of hydrogen-bond donors (Lipinski definition) is 1. The van der Waals surface area contributed by atoms with Gasteiger partial charge in [0.25, 0.3) is 5.91 Å². The number of halogens is 4. The van der Waals surface area contributed by atoms with Crippen LogP contribution in [0.1, 0.15) is 15.9 Å². The van der Waals surface area contributed by atoms with Gasteiger partial charge in [-0.3, -0.25) is 14.5 Å². The molecule has 7 nitrogen and oxygen atoms in total. The number of amides is 1. The van der Waals surface area contributed by atoms with Gasteiger partial charge < -0.3 is 5.32 Å². The lowest BCUT2D eigenvalue weighted by molar-refractivity contribution is -0.137. The van der Waals surface area contributed by atoms with E-state index >= 15 is 0 Å². The molecule has 2 heterocycles. The van der Waals surface area contributed by atoms with Crippen LogP contribution in [0, 0.1) is 5.82 Å². The van der Waals surface area contributed by atoms with Crippen LogP contribution >= 0.6 is 0 Å². The van der Waals surface area contributed by atoms with E-state index in [1.165, 1.54) is 24.0 Å². The fraction of sp³-hybridized carbons (Fsp3) is 0.125. The molecule has 0 aliphatic carbocycles. The maximum absolute atomic E-state index is 14.8. The van der Waals surface area contributed by atoms with Crippen LogP contribution in [0.25, 0.3) is 22.5 Å². The van der Waals surface area contributed by atoms with Gasteiger partial charge in [-0.1, -0.05) is 30.3 Å². The van der Waals surface area contributed by atoms with Crippen LogP contribution in [0.2, 0.25) is 0 Å². The first-order valence-electron chi connectivity index (χ1n) is 10.3. The molecule has 2 aromatic carbocycles. The number of alkyl halides is 3. The van der Waals surface area contributed by atoms with Crippen molar-refractivity contribution in [1.29, 1.82) is 0 Å². The summed E-state index contributed by atoms with van der Waals surface area (Å²) in [6.07, 6.45) is -1.43. The van der Waals surface area contributed by atoms with Gasteiger partial charge in [0.05, 0.1) is 33.1 Å². The summed E-state index contributed by atoms with van der Waals surface area (Å²) in [5.41, 5.74) is -1.92. The van der Waals surface area contributed by atoms with Crippen LogP contribution in [-0.2, 0) is 23.1 Å². The molecule has 0 bridgehead atoms. The first-order valence-corrected chi connectivity index (χ1v) is 12.2. The fourth-order valence-corrected chi connectivity index (χ4v) is 4.09. The molecular formula is C24H18F4N4O3S. The number of sulfone groups is 1. The molecule has 1 N–H and O–H groups in total. The minimum atomic E-state index is -4.91. The first-order chi connectivity index (χ1) is 16.8. The van der Waals surface area contributed by atoms with E-state index in [1.807, 2.05) is 0 Å². The zero-order valence-corrected chi connectivity index (χ0v) is 19.7. The molecule has 186 valence electrons. The normalized spacial score (nSPS) is 11.9. The van der Waals surface area contributed by atoms with Crippen LogP contribution in [0.15, 0.2) is 71.9 Å². The van der Waals surface area contributed by atoms with Gasteiger partial charge in [-0.25, -0.2) is 12.8 Å². The van der Waals surface area contributed by atoms with Crippen LogP contribution in [0.4, 0.5) is 23.2 Å². The minimum Gasteiger partial charge on any atom is -0.320 e. The van der Waals surface area contributed by atoms with Gasteiger partial charge >= 0.3 is 6.18 Å². The Bertz CT molecular complexity index is 1570. The van der Waals surface area contributed by atoms with Crippen molar-refractivity contribution in [1.82, 2.24) is 14.8 Å². The second kappa shape index (κ2) is 9.19. The average molecular weight is 518 g/mol. The lowest BCUT2D eigenvalue weighted by Gasteiger charge is -2.16. The van der Waals surface area contributed by atoms with Gasteiger partial charge in [0.2, 0.25) is 0 Å². The summed E-state index contributed by atoms with van der Waals surface area (Å²) >= 11 is 0. The van der Waals surface area contributed by atoms with Gasteiger partial charge in [0.15, 0.2) is 9.84 Å². The van der Waals surface area contributed by atoms with Crippen molar-refractivity contribution in [2.24, 2.45) is 7.05 Å². The number of carbonyl (C=O) groups is 1. The van der Waals surface area contributed by atoms with Gasteiger partial charge in [-0.2, -0.15) is 18.3 Å². The molecule has 0 saturated heterocycles. The lowest BCUT2D eigenvalue weighted by atomic mass is 9.99. The monoisotopic (exact) mass is 518 g/mol. The summed E-state index contributed by atoms with van der Waals surface area (Å²) in [4.78, 5) is 17.0. The maximum Gasteiger partial charge on any atom is 0.417 e. The Morgan fingerprint density at radius 3 is 2.33 bits per heavy atom. The second-order valence-corrected chi connectivity index (χ2v) is 9.93. The quantitative estimate of drug-likeness (QED) is 0.377. The minimum absolute atomic E-state index is 0.0622. The number of aryl methyl sites for hydroxylation is 1. The first kappa shape index (κ1) is 25.0. The molecule has 0 fully saturated rings. The molecule has 4 aromatic rings. The molecule has 1 amide bonds. The zero-order chi connectivity index (χ0) is 26.3. The molecular weight excluding hydrogens is 500 g/mol. The predicted octanol–water partition coefficient (Wildman–Crippen LogP) is 4.96. The summed E-state index contributed by atoms with van der Waals surface area (Å²) in [5, 5.41) is 6.36. The Labute approximate surface area is 203 Å². The maximum atomic E-state index is 14.8. The molecule has 0 spiro atoms. The highest BCUT2D eigenvalue weighted by Gasteiger charge is 2.36. The molecule has 0 atom stereocenters. The van der Waals surface area contributed by atoms with E-state index < -0.39 is 44.4 Å². The molecule has 4 rings (SSSR count). The standard InChI is InChI=1S/C24H18F4N4O3S/c1-32-9-8-20(31-32)16-11-17(19(25)12-18(16)24(26,27)28)23(33)30-21-10-15(36(2,34)35)13-29-22(21)14-6-4-3-5-7-14/h3-13H,1-2H3,(H,30,33). The Hall–Kier alpha value is -4.06. The van der Waals surface area contributed by atoms with Crippen molar-refractivity contribution in [2.45, 2.75) is 11.1 Å². The SMILES string of the molecule is Cn1ccc(-c2cc(C(=O)Nc3cc(S(C)(=O)=O)cnc3-c3ccccc3)c(F)cc2C(F)(F)F)n1. The molecule has 0 saturated carbocycles. The van der Waals surface area contributed by atoms with Crippen LogP contribution < -0.4 is 5.32 Å². The summed E-state index contributed by atoms with van der Waals surface area (Å²) in [6.45, 7) is 0. The molecule has 12 heteroatoms. The second-order valence-electron chi connectivity index (χ2n) is 7.91. The Morgan fingerprint density at radius 1 is 1.06 bits per heavy atom. The van der Waals surface area contributed by atoms with E-state index in [0.717, 1.165) is 24.6 Å². The van der Waals surface area contributed by atoms with Gasteiger partial charge in [0.1, 0.15) is 5.82 Å². The van der Waals surface area contributed by atoms with E-state index in [1.54, 1.807) is 30.3 Å². The molecule has 36 heavy (non-hydrogen) atoms. The van der Waals surface area contributed by atoms with Crippen LogP contribution in [0.5, 0.6) is 0 Å². The number of nitrogens with one attached hydrogen (secondary N) is 1. The van der Waals surface area contributed by atoms with Gasteiger partial charge in [0, 0.05) is 36.8 Å². The third-order valence-electron chi connectivity index (χ3n) is 5.23. The number of rotatable bonds is 5. The van der Waals surface area contributed by atoms with Crippen molar-refractivity contribution in [2.75, 3.05) is 11.6 Å². The molecule has 0 radical (unpaired) electrons. The largest absolute Gasteiger partial charge is 0.417 e. The van der Waals surface area contributed by atoms with Crippen molar-refractivity contribution < 1.29 is 30.8 Å². The highest BCUT2D eigenvalue weighted by Crippen LogP contribution is 2.38. The van der Waals surface area contributed by atoms with Crippen molar-refractivity contribution in [3.05, 3.63) is 83.9 Å². The summed E-state index contributed by atoms with van der Waals surface area (Å²) in [6, 6.07) is 11.9. The smallest absolute Gasteiger partial charge is 0.320 e. The number of carbonyl (C=O) groups excluding carboxylic acids is 1. The average Bonchev–Trinajstić information content (AvgIpc) is 3.24. The van der Waals surface area contributed by atoms with Crippen molar-refractivity contribution in [3.63, 3.8) is 0 Å². The van der Waals surface area contributed by atoms with Crippen LogP contribution in [-0.4, -0.2) is 35.3 Å². The topological polar surface area (TPSA) is 94.0 Å².